The fourth-order valence-electron chi connectivity index (χ4n) is 5.44. The fourth-order valence-corrected chi connectivity index (χ4v) is 7.47. The molecule has 0 fully saturated rings. The van der Waals surface area contributed by atoms with Gasteiger partial charge in [0.25, 0.3) is 0 Å². The van der Waals surface area contributed by atoms with Crippen LogP contribution in [0.1, 0.15) is 45.0 Å². The van der Waals surface area contributed by atoms with Gasteiger partial charge in [0, 0.05) is 39.4 Å². The number of benzene rings is 1. The van der Waals surface area contributed by atoms with Gasteiger partial charge in [-0.25, -0.2) is 0 Å². The molecule has 1 aromatic carbocycles. The highest BCUT2D eigenvalue weighted by atomic mass is 79.9. The number of hydrogen-bond donors (Lipinski definition) is 0. The first-order valence-electron chi connectivity index (χ1n) is 9.59. The van der Waals surface area contributed by atoms with Gasteiger partial charge in [-0.05, 0) is 29.0 Å². The zero-order valence-electron chi connectivity index (χ0n) is 15.9. The minimum absolute atomic E-state index is 0. The molecule has 29 heavy (non-hydrogen) atoms. The average molecular weight is 481 g/mol. The summed E-state index contributed by atoms with van der Waals surface area (Å²) < 4.78 is 8.40. The van der Waals surface area contributed by atoms with Crippen LogP contribution >= 0.6 is 22.7 Å². The summed E-state index contributed by atoms with van der Waals surface area (Å²) in [5, 5.41) is 4.43. The van der Waals surface area contributed by atoms with Gasteiger partial charge < -0.3 is 21.7 Å². The third-order valence-corrected chi connectivity index (χ3v) is 8.55. The predicted molar refractivity (Wildman–Crippen MR) is 114 cm³/mol. The third-order valence-electron chi connectivity index (χ3n) is 6.45. The van der Waals surface area contributed by atoms with Crippen LogP contribution in [0.25, 0.3) is 0 Å². The predicted octanol–water partition coefficient (Wildman–Crippen LogP) is 2.53. The molecule has 0 unspecified atom stereocenters. The number of thiophene rings is 2. The highest BCUT2D eigenvalue weighted by Gasteiger charge is 2.61. The lowest BCUT2D eigenvalue weighted by atomic mass is 9.57. The van der Waals surface area contributed by atoms with Crippen molar-refractivity contribution in [3.05, 3.63) is 104 Å². The number of halogens is 1. The quantitative estimate of drug-likeness (QED) is 0.410. The Labute approximate surface area is 189 Å². The molecule has 0 saturated carbocycles. The van der Waals surface area contributed by atoms with E-state index in [0.717, 1.165) is 12.2 Å². The number of fused-ring (bicyclic) bond motifs is 1. The smallest absolute Gasteiger partial charge is 0.190 e. The third kappa shape index (κ3) is 2.47. The standard InChI is InChI=1S/C24H20NOS2.BrH/c1-26-19-9-4-7-16-18-15-24(20-10-5-13-27-20,21-11-6-14-28-21)23(22(16)19)17-8-2-3-12-25(17)18;/h2-14,18,23H,15H2,1H3;1H/q+1;/p-1/t18-,23-;/m0./s1/i1-1;. The summed E-state index contributed by atoms with van der Waals surface area (Å²) in [7, 11) is 1.80. The molecule has 4 aromatic rings. The monoisotopic (exact) mass is 480 g/mol. The lowest BCUT2D eigenvalue weighted by Crippen LogP contribution is -3.00. The maximum atomic E-state index is 5.91. The molecular weight excluding hydrogens is 461 g/mol. The Kier molecular flexibility index (Phi) is 4.65. The molecule has 0 saturated heterocycles. The van der Waals surface area contributed by atoms with Crippen LogP contribution in [0.5, 0.6) is 5.75 Å². The second kappa shape index (κ2) is 7.08. The van der Waals surface area contributed by atoms with Crippen molar-refractivity contribution in [2.45, 2.75) is 23.8 Å². The number of pyridine rings is 1. The van der Waals surface area contributed by atoms with Gasteiger partial charge in [0.05, 0.1) is 18.4 Å². The largest absolute Gasteiger partial charge is 1.00 e. The van der Waals surface area contributed by atoms with Crippen LogP contribution in [0.2, 0.25) is 0 Å². The highest BCUT2D eigenvalue weighted by molar-refractivity contribution is 7.11. The SMILES string of the molecule is [11CH3]Oc1cccc2c1[C@@H]1c3cccc[n+]3[C@H]2CC1(c1cccs1)c1cccs1.[Br-]. The molecular formula is C24H20BrNOS2. The van der Waals surface area contributed by atoms with Crippen molar-refractivity contribution in [1.82, 2.24) is 0 Å². The first-order valence-corrected chi connectivity index (χ1v) is 11.4. The Balaban J connectivity index is 0.00000181. The molecule has 1 aliphatic carbocycles. The summed E-state index contributed by atoms with van der Waals surface area (Å²) in [4.78, 5) is 2.91. The van der Waals surface area contributed by atoms with E-state index in [2.05, 4.69) is 82.2 Å². The number of methoxy groups -OCH3 is 1. The fraction of sp³-hybridized carbons (Fsp3) is 0.208. The van der Waals surface area contributed by atoms with Crippen LogP contribution in [0, 0.1) is 0 Å². The molecule has 146 valence electrons. The molecule has 3 aliphatic rings. The van der Waals surface area contributed by atoms with Crippen LogP contribution in [-0.2, 0) is 5.41 Å². The molecule has 5 heterocycles. The van der Waals surface area contributed by atoms with E-state index in [9.17, 15) is 0 Å². The van der Waals surface area contributed by atoms with Gasteiger partial charge in [-0.1, -0.05) is 30.3 Å². The molecule has 7 rings (SSSR count). The van der Waals surface area contributed by atoms with Gasteiger partial charge in [-0.2, -0.15) is 4.57 Å². The van der Waals surface area contributed by atoms with E-state index >= 15 is 0 Å². The lowest BCUT2D eigenvalue weighted by Gasteiger charge is -2.48. The van der Waals surface area contributed by atoms with Gasteiger partial charge in [-0.15, -0.1) is 22.7 Å². The van der Waals surface area contributed by atoms with Crippen molar-refractivity contribution in [3.63, 3.8) is 0 Å². The lowest BCUT2D eigenvalue weighted by molar-refractivity contribution is -0.732. The van der Waals surface area contributed by atoms with Gasteiger partial charge >= 0.3 is 0 Å². The minimum atomic E-state index is -0.0456. The highest BCUT2D eigenvalue weighted by Crippen LogP contribution is 2.62. The van der Waals surface area contributed by atoms with Crippen molar-refractivity contribution in [1.29, 1.82) is 0 Å². The molecule has 0 amide bonds. The van der Waals surface area contributed by atoms with Crippen LogP contribution < -0.4 is 26.3 Å². The van der Waals surface area contributed by atoms with E-state index in [1.165, 1.54) is 26.6 Å². The molecule has 0 spiro atoms. The van der Waals surface area contributed by atoms with Gasteiger partial charge in [0.2, 0.25) is 0 Å². The Bertz CT molecular complexity index is 1120. The molecule has 2 atom stereocenters. The Morgan fingerprint density at radius 3 is 2.34 bits per heavy atom. The molecule has 2 bridgehead atoms. The van der Waals surface area contributed by atoms with Crippen LogP contribution in [0.4, 0.5) is 0 Å². The van der Waals surface area contributed by atoms with E-state index < -0.39 is 0 Å². The molecule has 0 N–H and O–H groups in total. The average Bonchev–Trinajstić information content (AvgIpc) is 3.48. The number of aromatic nitrogens is 1. The van der Waals surface area contributed by atoms with E-state index in [1.807, 2.05) is 22.7 Å². The first kappa shape index (κ1) is 19.0. The van der Waals surface area contributed by atoms with E-state index in [0.29, 0.717) is 6.04 Å². The summed E-state index contributed by atoms with van der Waals surface area (Å²) >= 11 is 3.77. The second-order valence-corrected chi connectivity index (χ2v) is 9.47. The topological polar surface area (TPSA) is 13.1 Å². The molecule has 5 heteroatoms. The molecule has 0 radical (unpaired) electrons. The number of nitrogens with zero attached hydrogens (tertiary/aromatic N) is 1. The Morgan fingerprint density at radius 2 is 1.69 bits per heavy atom. The van der Waals surface area contributed by atoms with Gasteiger partial charge in [-0.3, -0.25) is 0 Å². The minimum Gasteiger partial charge on any atom is -1.00 e. The van der Waals surface area contributed by atoms with E-state index in [4.69, 9.17) is 4.74 Å². The molecule has 3 aromatic heterocycles. The maximum absolute atomic E-state index is 5.91. The van der Waals surface area contributed by atoms with Crippen LogP contribution in [-0.4, -0.2) is 7.11 Å². The van der Waals surface area contributed by atoms with Crippen molar-refractivity contribution in [2.75, 3.05) is 7.11 Å². The van der Waals surface area contributed by atoms with Crippen LogP contribution in [0.3, 0.4) is 0 Å². The normalized spacial score (nSPS) is 20.4. The molecule has 2 nitrogen and oxygen atoms in total. The van der Waals surface area contributed by atoms with Crippen molar-refractivity contribution >= 4 is 22.7 Å². The second-order valence-electron chi connectivity index (χ2n) is 7.57. The zero-order chi connectivity index (χ0) is 18.7. The summed E-state index contributed by atoms with van der Waals surface area (Å²) in [6.07, 6.45) is 3.34. The van der Waals surface area contributed by atoms with Crippen molar-refractivity contribution < 1.29 is 26.3 Å². The van der Waals surface area contributed by atoms with Gasteiger partial charge in [0.1, 0.15) is 5.75 Å². The maximum Gasteiger partial charge on any atom is 0.190 e. The summed E-state index contributed by atoms with van der Waals surface area (Å²) in [6.45, 7) is 0. The summed E-state index contributed by atoms with van der Waals surface area (Å²) in [6, 6.07) is 22.6. The number of hydrogen-bond acceptors (Lipinski definition) is 3. The van der Waals surface area contributed by atoms with Crippen molar-refractivity contribution in [2.24, 2.45) is 0 Å². The Morgan fingerprint density at radius 1 is 0.931 bits per heavy atom. The van der Waals surface area contributed by atoms with Crippen LogP contribution in [0.15, 0.2) is 77.6 Å². The first-order chi connectivity index (χ1) is 13.8. The van der Waals surface area contributed by atoms with Crippen molar-refractivity contribution in [3.8, 4) is 5.75 Å². The summed E-state index contributed by atoms with van der Waals surface area (Å²) in [5.74, 6) is 1.25. The molecule has 2 aliphatic heterocycles. The zero-order valence-corrected chi connectivity index (χ0v) is 19.1. The number of ether oxygens (including phenoxy) is 1. The van der Waals surface area contributed by atoms with Gasteiger partial charge in [0.15, 0.2) is 17.9 Å². The number of rotatable bonds is 3. The van der Waals surface area contributed by atoms with E-state index in [1.54, 1.807) is 7.11 Å². The summed E-state index contributed by atoms with van der Waals surface area (Å²) in [5.41, 5.74) is 4.12. The van der Waals surface area contributed by atoms with E-state index in [-0.39, 0.29) is 28.3 Å². The Hall–Kier alpha value is -1.95.